The van der Waals surface area contributed by atoms with Crippen LogP contribution in [0.15, 0.2) is 36.5 Å². The van der Waals surface area contributed by atoms with Crippen LogP contribution in [-0.4, -0.2) is 4.98 Å². The second-order valence-electron chi connectivity index (χ2n) is 6.42. The summed E-state index contributed by atoms with van der Waals surface area (Å²) in [7, 11) is 0. The molecule has 1 saturated carbocycles. The normalized spacial score (nSPS) is 22.2. The van der Waals surface area contributed by atoms with E-state index in [1.54, 1.807) is 6.07 Å². The minimum absolute atomic E-state index is 0.193. The number of aryl methyl sites for hydroxylation is 1. The minimum atomic E-state index is -0.193. The summed E-state index contributed by atoms with van der Waals surface area (Å²) in [6.07, 6.45) is 7.05. The summed E-state index contributed by atoms with van der Waals surface area (Å²) in [5, 5.41) is 0. The second kappa shape index (κ2) is 5.97. The average Bonchev–Trinajstić information content (AvgIpc) is 2.48. The summed E-state index contributed by atoms with van der Waals surface area (Å²) in [4.78, 5) is 4.49. The quantitative estimate of drug-likeness (QED) is 0.710. The van der Waals surface area contributed by atoms with E-state index < -0.39 is 0 Å². The maximum absolute atomic E-state index is 14.0. The predicted octanol–water partition coefficient (Wildman–Crippen LogP) is 5.49. The first-order valence-corrected chi connectivity index (χ1v) is 7.86. The number of benzene rings is 1. The van der Waals surface area contributed by atoms with Crippen LogP contribution in [0.2, 0.25) is 0 Å². The monoisotopic (exact) mass is 283 g/mol. The van der Waals surface area contributed by atoms with Gasteiger partial charge in [0, 0.05) is 11.8 Å². The Bertz CT molecular complexity index is 610. The molecule has 0 amide bonds. The molecule has 110 valence electrons. The van der Waals surface area contributed by atoms with Crippen LogP contribution in [0, 0.1) is 18.7 Å². The molecular weight excluding hydrogens is 261 g/mol. The molecule has 1 aromatic carbocycles. The van der Waals surface area contributed by atoms with E-state index in [9.17, 15) is 4.39 Å². The van der Waals surface area contributed by atoms with Crippen LogP contribution in [0.3, 0.4) is 0 Å². The molecule has 0 atom stereocenters. The van der Waals surface area contributed by atoms with E-state index in [0.29, 0.717) is 11.5 Å². The average molecular weight is 283 g/mol. The van der Waals surface area contributed by atoms with Gasteiger partial charge in [-0.2, -0.15) is 0 Å². The number of rotatable bonds is 2. The van der Waals surface area contributed by atoms with Gasteiger partial charge in [0.25, 0.3) is 0 Å². The molecule has 0 radical (unpaired) electrons. The third-order valence-electron chi connectivity index (χ3n) is 4.67. The van der Waals surface area contributed by atoms with Crippen LogP contribution in [0.1, 0.15) is 49.7 Å². The van der Waals surface area contributed by atoms with Crippen molar-refractivity contribution in [1.29, 1.82) is 0 Å². The van der Waals surface area contributed by atoms with Crippen molar-refractivity contribution >= 4 is 0 Å². The highest BCUT2D eigenvalue weighted by Gasteiger charge is 2.20. The van der Waals surface area contributed by atoms with Gasteiger partial charge in [0.15, 0.2) is 0 Å². The third-order valence-corrected chi connectivity index (χ3v) is 4.67. The maximum atomic E-state index is 14.0. The van der Waals surface area contributed by atoms with Gasteiger partial charge in [-0.3, -0.25) is 4.98 Å². The van der Waals surface area contributed by atoms with Gasteiger partial charge in [0.05, 0.1) is 5.69 Å². The molecule has 3 rings (SSSR count). The van der Waals surface area contributed by atoms with Gasteiger partial charge < -0.3 is 0 Å². The molecule has 0 saturated heterocycles. The van der Waals surface area contributed by atoms with E-state index in [-0.39, 0.29) is 5.82 Å². The smallest absolute Gasteiger partial charge is 0.132 e. The summed E-state index contributed by atoms with van der Waals surface area (Å²) >= 11 is 0. The van der Waals surface area contributed by atoms with Crippen molar-refractivity contribution in [2.45, 2.75) is 45.4 Å². The molecule has 2 heteroatoms. The molecule has 1 aromatic heterocycles. The SMILES string of the molecule is Cc1ccc(-c2ccc(C3CCC(C)CC3)cn2)c(F)c1. The molecule has 0 N–H and O–H groups in total. The van der Waals surface area contributed by atoms with Crippen molar-refractivity contribution in [2.24, 2.45) is 5.92 Å². The van der Waals surface area contributed by atoms with Crippen molar-refractivity contribution in [3.63, 3.8) is 0 Å². The lowest BCUT2D eigenvalue weighted by atomic mass is 9.80. The first-order chi connectivity index (χ1) is 10.1. The number of halogens is 1. The van der Waals surface area contributed by atoms with Crippen molar-refractivity contribution in [2.75, 3.05) is 0 Å². The zero-order valence-corrected chi connectivity index (χ0v) is 12.8. The third kappa shape index (κ3) is 3.15. The summed E-state index contributed by atoms with van der Waals surface area (Å²) in [5.74, 6) is 1.29. The van der Waals surface area contributed by atoms with Crippen molar-refractivity contribution in [3.8, 4) is 11.3 Å². The largest absolute Gasteiger partial charge is 0.256 e. The Labute approximate surface area is 126 Å². The molecule has 1 heterocycles. The highest BCUT2D eigenvalue weighted by molar-refractivity contribution is 5.60. The molecule has 0 unspecified atom stereocenters. The Kier molecular flexibility index (Phi) is 4.05. The lowest BCUT2D eigenvalue weighted by Gasteiger charge is -2.26. The van der Waals surface area contributed by atoms with Gasteiger partial charge >= 0.3 is 0 Å². The standard InChI is InChI=1S/C19H22FN/c1-13-3-6-15(7-4-13)16-8-10-19(21-12-16)17-9-5-14(2)11-18(17)20/h5,8-13,15H,3-4,6-7H2,1-2H3. The maximum Gasteiger partial charge on any atom is 0.132 e. The van der Waals surface area contributed by atoms with E-state index in [4.69, 9.17) is 0 Å². The molecule has 1 aliphatic carbocycles. The topological polar surface area (TPSA) is 12.9 Å². The Balaban J connectivity index is 1.80. The highest BCUT2D eigenvalue weighted by atomic mass is 19.1. The Morgan fingerprint density at radius 1 is 1.05 bits per heavy atom. The fourth-order valence-electron chi connectivity index (χ4n) is 3.23. The number of pyridine rings is 1. The lowest BCUT2D eigenvalue weighted by molar-refractivity contribution is 0.347. The Hall–Kier alpha value is -1.70. The molecule has 1 nitrogen and oxygen atoms in total. The van der Waals surface area contributed by atoms with Crippen LogP contribution < -0.4 is 0 Å². The lowest BCUT2D eigenvalue weighted by Crippen LogP contribution is -2.11. The van der Waals surface area contributed by atoms with Gasteiger partial charge in [-0.1, -0.05) is 31.9 Å². The zero-order chi connectivity index (χ0) is 14.8. The molecule has 0 aliphatic heterocycles. The highest BCUT2D eigenvalue weighted by Crippen LogP contribution is 2.35. The molecule has 0 bridgehead atoms. The molecule has 0 spiro atoms. The fourth-order valence-corrected chi connectivity index (χ4v) is 3.23. The first-order valence-electron chi connectivity index (χ1n) is 7.86. The van der Waals surface area contributed by atoms with E-state index in [1.165, 1.54) is 31.2 Å². The van der Waals surface area contributed by atoms with E-state index >= 15 is 0 Å². The van der Waals surface area contributed by atoms with Gasteiger partial charge in [-0.15, -0.1) is 0 Å². The molecule has 21 heavy (non-hydrogen) atoms. The summed E-state index contributed by atoms with van der Waals surface area (Å²) in [5.41, 5.74) is 3.55. The van der Waals surface area contributed by atoms with Gasteiger partial charge in [-0.05, 0) is 60.9 Å². The van der Waals surface area contributed by atoms with Crippen LogP contribution in [0.25, 0.3) is 11.3 Å². The summed E-state index contributed by atoms with van der Waals surface area (Å²) in [6.45, 7) is 4.23. The van der Waals surface area contributed by atoms with Crippen molar-refractivity contribution in [1.82, 2.24) is 4.98 Å². The van der Waals surface area contributed by atoms with Crippen LogP contribution in [-0.2, 0) is 0 Å². The predicted molar refractivity (Wildman–Crippen MR) is 84.7 cm³/mol. The first kappa shape index (κ1) is 14.2. The molecular formula is C19H22FN. The summed E-state index contributed by atoms with van der Waals surface area (Å²) < 4.78 is 14.0. The van der Waals surface area contributed by atoms with Crippen LogP contribution in [0.4, 0.5) is 4.39 Å². The minimum Gasteiger partial charge on any atom is -0.256 e. The number of aromatic nitrogens is 1. The summed E-state index contributed by atoms with van der Waals surface area (Å²) in [6, 6.07) is 9.39. The van der Waals surface area contributed by atoms with E-state index in [2.05, 4.69) is 18.0 Å². The Morgan fingerprint density at radius 3 is 2.43 bits per heavy atom. The Morgan fingerprint density at radius 2 is 1.81 bits per heavy atom. The van der Waals surface area contributed by atoms with Crippen molar-refractivity contribution in [3.05, 3.63) is 53.5 Å². The van der Waals surface area contributed by atoms with Gasteiger partial charge in [0.2, 0.25) is 0 Å². The van der Waals surface area contributed by atoms with E-state index in [0.717, 1.165) is 17.2 Å². The fraction of sp³-hybridized carbons (Fsp3) is 0.421. The molecule has 1 fully saturated rings. The van der Waals surface area contributed by atoms with Gasteiger partial charge in [-0.25, -0.2) is 4.39 Å². The zero-order valence-electron chi connectivity index (χ0n) is 12.8. The second-order valence-corrected chi connectivity index (χ2v) is 6.42. The molecule has 2 aromatic rings. The van der Waals surface area contributed by atoms with Crippen molar-refractivity contribution < 1.29 is 4.39 Å². The number of hydrogen-bond donors (Lipinski definition) is 0. The van der Waals surface area contributed by atoms with E-state index in [1.807, 2.05) is 31.3 Å². The van der Waals surface area contributed by atoms with Gasteiger partial charge in [0.1, 0.15) is 5.82 Å². The van der Waals surface area contributed by atoms with Crippen LogP contribution in [0.5, 0.6) is 0 Å². The number of nitrogens with zero attached hydrogens (tertiary/aromatic N) is 1. The van der Waals surface area contributed by atoms with Crippen LogP contribution >= 0.6 is 0 Å². The number of hydrogen-bond acceptors (Lipinski definition) is 1. The molecule has 1 aliphatic rings.